The van der Waals surface area contributed by atoms with Crippen LogP contribution in [0.4, 0.5) is 0 Å². The molecular weight excluding hydrogens is 348 g/mol. The molecule has 0 bridgehead atoms. The van der Waals surface area contributed by atoms with E-state index in [1.165, 1.54) is 37.2 Å². The van der Waals surface area contributed by atoms with E-state index < -0.39 is 0 Å². The smallest absolute Gasteiger partial charge is 0.180 e. The molecule has 6 N–H and O–H groups in total. The summed E-state index contributed by atoms with van der Waals surface area (Å²) in [4.78, 5) is 0. The molecule has 0 saturated heterocycles. The zero-order valence-corrected chi connectivity index (χ0v) is 17.9. The number of hydrogen-bond donors (Lipinski definition) is 4. The number of thioether (sulfide) groups is 1. The molecule has 152 valence electrons. The van der Waals surface area contributed by atoms with Crippen molar-refractivity contribution < 1.29 is 0 Å². The van der Waals surface area contributed by atoms with Crippen molar-refractivity contribution in [3.63, 3.8) is 0 Å². The fourth-order valence-electron chi connectivity index (χ4n) is 2.53. The number of aromatic amines is 1. The molecule has 0 fully saturated rings. The number of nitrogens with zero attached hydrogens (tertiary/aromatic N) is 4. The maximum atomic E-state index is 5.37. The third-order valence-electron chi connectivity index (χ3n) is 4.22. The SMILES string of the molecule is CC.CC(CCCCSCCCCC(C)(C)c1nn[nH]n1)/C(=N/N)NN. The third-order valence-corrected chi connectivity index (χ3v) is 5.38. The highest BCUT2D eigenvalue weighted by Crippen LogP contribution is 2.25. The van der Waals surface area contributed by atoms with E-state index in [-0.39, 0.29) is 11.3 Å². The van der Waals surface area contributed by atoms with Gasteiger partial charge < -0.3 is 11.3 Å². The maximum absolute atomic E-state index is 5.37. The van der Waals surface area contributed by atoms with Gasteiger partial charge in [0.2, 0.25) is 0 Å². The van der Waals surface area contributed by atoms with Gasteiger partial charge in [-0.15, -0.1) is 10.2 Å². The number of aromatic nitrogens is 4. The average molecular weight is 387 g/mol. The van der Waals surface area contributed by atoms with Crippen molar-refractivity contribution in [3.05, 3.63) is 5.82 Å². The normalized spacial score (nSPS) is 13.1. The molecule has 8 nitrogen and oxygen atoms in total. The lowest BCUT2D eigenvalue weighted by molar-refractivity contribution is 0.433. The van der Waals surface area contributed by atoms with Gasteiger partial charge in [-0.05, 0) is 37.2 Å². The van der Waals surface area contributed by atoms with Crippen LogP contribution in [0.25, 0.3) is 0 Å². The Labute approximate surface area is 162 Å². The number of unbranched alkanes of at least 4 members (excludes halogenated alkanes) is 2. The number of hydrogen-bond acceptors (Lipinski definition) is 7. The van der Waals surface area contributed by atoms with Crippen molar-refractivity contribution in [1.29, 1.82) is 0 Å². The molecule has 1 aromatic rings. The van der Waals surface area contributed by atoms with Crippen LogP contribution < -0.4 is 17.1 Å². The van der Waals surface area contributed by atoms with Crippen LogP contribution in [-0.4, -0.2) is 38.0 Å². The molecule has 1 rings (SSSR count). The number of nitrogens with two attached hydrogens (primary N) is 2. The topological polar surface area (TPSA) is 131 Å². The van der Waals surface area contributed by atoms with Gasteiger partial charge in [-0.2, -0.15) is 22.1 Å². The summed E-state index contributed by atoms with van der Waals surface area (Å²) >= 11 is 2.03. The molecule has 0 aliphatic rings. The van der Waals surface area contributed by atoms with Crippen molar-refractivity contribution in [2.75, 3.05) is 11.5 Å². The van der Waals surface area contributed by atoms with E-state index in [1.807, 2.05) is 25.6 Å². The predicted octanol–water partition coefficient (Wildman–Crippen LogP) is 2.95. The first-order chi connectivity index (χ1) is 12.5. The first-order valence-corrected chi connectivity index (χ1v) is 10.7. The minimum absolute atomic E-state index is 0.00686. The standard InChI is InChI=1S/C15H32N8S.C2H6/c1-12(13(18-16)19-17)8-4-6-10-24-11-7-5-9-15(2,3)14-20-22-23-21-14;1-2/h12H,4-11,16-17H2,1-3H3,(H,18,19)(H,20,21,22,23);1-2H3. The van der Waals surface area contributed by atoms with Crippen molar-refractivity contribution >= 4 is 17.6 Å². The number of H-pyrrole nitrogens is 1. The molecule has 0 saturated carbocycles. The van der Waals surface area contributed by atoms with Crippen LogP contribution in [-0.2, 0) is 5.41 Å². The molecule has 0 aliphatic carbocycles. The van der Waals surface area contributed by atoms with Crippen molar-refractivity contribution in [1.82, 2.24) is 26.0 Å². The summed E-state index contributed by atoms with van der Waals surface area (Å²) in [6.07, 6.45) is 6.93. The Balaban J connectivity index is 0.00000301. The fourth-order valence-corrected chi connectivity index (χ4v) is 3.55. The van der Waals surface area contributed by atoms with Crippen LogP contribution in [0.2, 0.25) is 0 Å². The summed E-state index contributed by atoms with van der Waals surface area (Å²) in [5, 5.41) is 18.0. The Hall–Kier alpha value is -1.35. The lowest BCUT2D eigenvalue weighted by atomic mass is 9.86. The van der Waals surface area contributed by atoms with Crippen molar-refractivity contribution in [2.45, 2.75) is 78.6 Å². The second-order valence-corrected chi connectivity index (χ2v) is 7.97. The van der Waals surface area contributed by atoms with E-state index >= 15 is 0 Å². The summed E-state index contributed by atoms with van der Waals surface area (Å²) in [5.74, 6) is 14.8. The van der Waals surface area contributed by atoms with Crippen LogP contribution in [0.5, 0.6) is 0 Å². The number of hydrazine groups is 1. The highest BCUT2D eigenvalue weighted by Gasteiger charge is 2.24. The van der Waals surface area contributed by atoms with Gasteiger partial charge in [0.05, 0.1) is 0 Å². The van der Waals surface area contributed by atoms with Crippen molar-refractivity contribution in [3.8, 4) is 0 Å². The zero-order valence-electron chi connectivity index (χ0n) is 17.1. The van der Waals surface area contributed by atoms with Gasteiger partial charge in [0.15, 0.2) is 5.82 Å². The van der Waals surface area contributed by atoms with Gasteiger partial charge >= 0.3 is 0 Å². The lowest BCUT2D eigenvalue weighted by Crippen LogP contribution is -2.36. The largest absolute Gasteiger partial charge is 0.322 e. The summed E-state index contributed by atoms with van der Waals surface area (Å²) in [5.41, 5.74) is 2.55. The number of tetrazole rings is 1. The summed E-state index contributed by atoms with van der Waals surface area (Å²) < 4.78 is 0. The molecule has 1 heterocycles. The molecular formula is C17H38N8S. The summed E-state index contributed by atoms with van der Waals surface area (Å²) in [7, 11) is 0. The Bertz CT molecular complexity index is 461. The average Bonchev–Trinajstić information content (AvgIpc) is 3.18. The molecule has 0 amide bonds. The molecule has 0 spiro atoms. The van der Waals surface area contributed by atoms with Crippen molar-refractivity contribution in [2.24, 2.45) is 22.7 Å². The second-order valence-electron chi connectivity index (χ2n) is 6.74. The Morgan fingerprint density at radius 3 is 2.42 bits per heavy atom. The second kappa shape index (κ2) is 14.8. The van der Waals surface area contributed by atoms with Gasteiger partial charge in [0.25, 0.3) is 0 Å². The number of rotatable bonds is 12. The van der Waals surface area contributed by atoms with E-state index in [1.54, 1.807) is 0 Å². The minimum Gasteiger partial charge on any atom is -0.322 e. The van der Waals surface area contributed by atoms with Crippen LogP contribution in [0, 0.1) is 5.92 Å². The number of amidine groups is 1. The van der Waals surface area contributed by atoms with Gasteiger partial charge in [0, 0.05) is 11.3 Å². The van der Waals surface area contributed by atoms with Crippen LogP contribution >= 0.6 is 11.8 Å². The van der Waals surface area contributed by atoms with Gasteiger partial charge in [0.1, 0.15) is 5.84 Å². The molecule has 1 atom stereocenters. The van der Waals surface area contributed by atoms with E-state index in [2.05, 4.69) is 51.9 Å². The van der Waals surface area contributed by atoms with Crippen LogP contribution in [0.15, 0.2) is 5.10 Å². The molecule has 1 unspecified atom stereocenters. The third kappa shape index (κ3) is 9.96. The van der Waals surface area contributed by atoms with Crippen LogP contribution in [0.3, 0.4) is 0 Å². The molecule has 0 aromatic carbocycles. The highest BCUT2D eigenvalue weighted by molar-refractivity contribution is 7.99. The predicted molar refractivity (Wildman–Crippen MR) is 112 cm³/mol. The molecule has 0 radical (unpaired) electrons. The Kier molecular flexibility index (Phi) is 14.0. The van der Waals surface area contributed by atoms with E-state index in [0.29, 0.717) is 5.84 Å². The molecule has 0 aliphatic heterocycles. The first kappa shape index (κ1) is 24.7. The highest BCUT2D eigenvalue weighted by atomic mass is 32.2. The van der Waals surface area contributed by atoms with Gasteiger partial charge in [-0.25, -0.2) is 5.84 Å². The fraction of sp³-hybridized carbons (Fsp3) is 0.882. The summed E-state index contributed by atoms with van der Waals surface area (Å²) in [6, 6.07) is 0. The molecule has 1 aromatic heterocycles. The van der Waals surface area contributed by atoms with Gasteiger partial charge in [-0.3, -0.25) is 0 Å². The molecule has 26 heavy (non-hydrogen) atoms. The lowest BCUT2D eigenvalue weighted by Gasteiger charge is -2.19. The zero-order chi connectivity index (χ0) is 19.8. The quantitative estimate of drug-likeness (QED) is 0.143. The number of hydrazone groups is 1. The molecule has 9 heteroatoms. The Morgan fingerprint density at radius 2 is 1.88 bits per heavy atom. The van der Waals surface area contributed by atoms with Crippen LogP contribution in [0.1, 0.15) is 79.0 Å². The van der Waals surface area contributed by atoms with E-state index in [9.17, 15) is 0 Å². The first-order valence-electron chi connectivity index (χ1n) is 9.57. The van der Waals surface area contributed by atoms with E-state index in [4.69, 9.17) is 11.7 Å². The Morgan fingerprint density at radius 1 is 1.23 bits per heavy atom. The minimum atomic E-state index is -0.00686. The monoisotopic (exact) mass is 386 g/mol. The number of nitrogens with one attached hydrogen (secondary N) is 2. The van der Waals surface area contributed by atoms with E-state index in [0.717, 1.165) is 18.7 Å². The van der Waals surface area contributed by atoms with Gasteiger partial charge in [-0.1, -0.05) is 52.7 Å². The maximum Gasteiger partial charge on any atom is 0.180 e. The summed E-state index contributed by atoms with van der Waals surface area (Å²) in [6.45, 7) is 10.4.